The van der Waals surface area contributed by atoms with Gasteiger partial charge in [-0.2, -0.15) is 0 Å². The third kappa shape index (κ3) is 4.37. The van der Waals surface area contributed by atoms with Crippen molar-refractivity contribution in [3.8, 4) is 44.5 Å². The van der Waals surface area contributed by atoms with Crippen LogP contribution in [0.2, 0.25) is 0 Å². The molecule has 1 aliphatic carbocycles. The second-order valence-electron chi connectivity index (χ2n) is 16.0. The van der Waals surface area contributed by atoms with Gasteiger partial charge < -0.3 is 4.42 Å². The highest BCUT2D eigenvalue weighted by Gasteiger charge is 2.35. The van der Waals surface area contributed by atoms with E-state index in [1.165, 1.54) is 104 Å². The Morgan fingerprint density at radius 1 is 0.339 bits per heavy atom. The lowest BCUT2D eigenvalue weighted by Crippen LogP contribution is -2.14. The van der Waals surface area contributed by atoms with Crippen LogP contribution >= 0.6 is 0 Å². The zero-order valence-electron chi connectivity index (χ0n) is 31.2. The molecule has 0 saturated carbocycles. The van der Waals surface area contributed by atoms with Crippen molar-refractivity contribution in [1.29, 1.82) is 0 Å². The minimum atomic E-state index is -0.0240. The lowest BCUT2D eigenvalue weighted by atomic mass is 9.81. The molecule has 0 spiro atoms. The first-order valence-electron chi connectivity index (χ1n) is 19.6. The van der Waals surface area contributed by atoms with Gasteiger partial charge in [-0.25, -0.2) is 0 Å². The summed E-state index contributed by atoms with van der Waals surface area (Å²) in [5, 5.41) is 12.2. The van der Waals surface area contributed by atoms with Gasteiger partial charge in [0, 0.05) is 16.2 Å². The van der Waals surface area contributed by atoms with E-state index in [1.54, 1.807) is 0 Å². The van der Waals surface area contributed by atoms with Crippen LogP contribution in [0.5, 0.6) is 0 Å². The largest absolute Gasteiger partial charge is 0.456 e. The zero-order valence-corrected chi connectivity index (χ0v) is 31.2. The maximum atomic E-state index is 6.62. The van der Waals surface area contributed by atoms with Gasteiger partial charge in [0.1, 0.15) is 11.2 Å². The van der Waals surface area contributed by atoms with E-state index < -0.39 is 0 Å². The second kappa shape index (κ2) is 11.5. The highest BCUT2D eigenvalue weighted by atomic mass is 16.3. The molecule has 0 unspecified atom stereocenters. The first-order valence-corrected chi connectivity index (χ1v) is 19.6. The summed E-state index contributed by atoms with van der Waals surface area (Å²) in [5.41, 5.74) is 14.7. The summed E-state index contributed by atoms with van der Waals surface area (Å²) in [4.78, 5) is 0. The average molecular weight is 713 g/mol. The van der Waals surface area contributed by atoms with Crippen molar-refractivity contribution in [3.05, 3.63) is 193 Å². The predicted molar refractivity (Wildman–Crippen MR) is 238 cm³/mol. The fraction of sp³-hybridized carbons (Fsp3) is 0.0545. The van der Waals surface area contributed by atoms with Crippen LogP contribution < -0.4 is 0 Å². The molecule has 1 aromatic heterocycles. The number of rotatable bonds is 3. The molecule has 0 saturated heterocycles. The molecule has 1 heterocycles. The van der Waals surface area contributed by atoms with E-state index in [0.717, 1.165) is 16.6 Å². The Kier molecular flexibility index (Phi) is 6.46. The van der Waals surface area contributed by atoms with Gasteiger partial charge in [0.25, 0.3) is 0 Å². The molecule has 11 aromatic rings. The SMILES string of the molecule is CC1(C)c2ccccc2-c2cc(-c3c4ccccc4c(-c4ccc(-c5cc6oc7cc8ccccc8cc7c6c6ccccc56)cc4)c4ccccc34)ccc21. The van der Waals surface area contributed by atoms with E-state index >= 15 is 0 Å². The van der Waals surface area contributed by atoms with Gasteiger partial charge in [-0.3, -0.25) is 0 Å². The number of benzene rings is 10. The molecule has 0 bridgehead atoms. The van der Waals surface area contributed by atoms with Crippen molar-refractivity contribution in [2.45, 2.75) is 19.3 Å². The van der Waals surface area contributed by atoms with Crippen LogP contribution in [0.1, 0.15) is 25.0 Å². The molecule has 1 nitrogen and oxygen atoms in total. The lowest BCUT2D eigenvalue weighted by Gasteiger charge is -2.22. The molecule has 1 aliphatic rings. The third-order valence-corrected chi connectivity index (χ3v) is 12.6. The van der Waals surface area contributed by atoms with Crippen LogP contribution in [-0.2, 0) is 5.41 Å². The standard InChI is InChI=1S/C55H36O/c1-55(2)48-22-12-11-16-39(48)46-30-37(27-28-49(46)55)53-43-20-9-7-18-41(43)52(42-19-8-10-21-44(42)53)34-25-23-33(24-26-34)45-32-51-54(40-17-6-5-15-38(40)45)47-29-35-13-3-4-14-36(35)31-50(47)56-51/h3-32H,1-2H3. The topological polar surface area (TPSA) is 13.1 Å². The van der Waals surface area contributed by atoms with Crippen LogP contribution in [0, 0.1) is 0 Å². The van der Waals surface area contributed by atoms with Crippen molar-refractivity contribution in [3.63, 3.8) is 0 Å². The van der Waals surface area contributed by atoms with Crippen molar-refractivity contribution in [1.82, 2.24) is 0 Å². The van der Waals surface area contributed by atoms with E-state index in [1.807, 2.05) is 0 Å². The van der Waals surface area contributed by atoms with Gasteiger partial charge >= 0.3 is 0 Å². The number of hydrogen-bond acceptors (Lipinski definition) is 1. The number of furan rings is 1. The van der Waals surface area contributed by atoms with Crippen LogP contribution in [0.25, 0.3) is 110 Å². The Balaban J connectivity index is 1.03. The average Bonchev–Trinajstić information content (AvgIpc) is 3.72. The van der Waals surface area contributed by atoms with Crippen molar-refractivity contribution in [2.75, 3.05) is 0 Å². The van der Waals surface area contributed by atoms with Crippen molar-refractivity contribution < 1.29 is 4.42 Å². The summed E-state index contributed by atoms with van der Waals surface area (Å²) < 4.78 is 6.62. The van der Waals surface area contributed by atoms with Gasteiger partial charge in [0.05, 0.1) is 0 Å². The number of hydrogen-bond donors (Lipinski definition) is 0. The maximum absolute atomic E-state index is 6.62. The molecule has 12 rings (SSSR count). The molecule has 0 aliphatic heterocycles. The molecule has 0 N–H and O–H groups in total. The normalized spacial score (nSPS) is 13.3. The summed E-state index contributed by atoms with van der Waals surface area (Å²) in [6, 6.07) is 67.2. The van der Waals surface area contributed by atoms with Crippen LogP contribution in [0.3, 0.4) is 0 Å². The molecule has 262 valence electrons. The van der Waals surface area contributed by atoms with Crippen molar-refractivity contribution >= 4 is 65.0 Å². The highest BCUT2D eigenvalue weighted by molar-refractivity contribution is 6.24. The molecule has 0 atom stereocenters. The third-order valence-electron chi connectivity index (χ3n) is 12.6. The summed E-state index contributed by atoms with van der Waals surface area (Å²) in [6.07, 6.45) is 0. The molecule has 56 heavy (non-hydrogen) atoms. The first kappa shape index (κ1) is 31.4. The van der Waals surface area contributed by atoms with Gasteiger partial charge in [-0.15, -0.1) is 0 Å². The van der Waals surface area contributed by atoms with E-state index in [0.29, 0.717) is 0 Å². The molecule has 0 radical (unpaired) electrons. The van der Waals surface area contributed by atoms with E-state index in [9.17, 15) is 0 Å². The van der Waals surface area contributed by atoms with Crippen LogP contribution in [0.15, 0.2) is 186 Å². The smallest absolute Gasteiger partial charge is 0.136 e. The molecular weight excluding hydrogens is 677 g/mol. The van der Waals surface area contributed by atoms with Gasteiger partial charge in [-0.05, 0) is 123 Å². The summed E-state index contributed by atoms with van der Waals surface area (Å²) in [6.45, 7) is 4.70. The minimum Gasteiger partial charge on any atom is -0.456 e. The quantitative estimate of drug-likeness (QED) is 0.166. The maximum Gasteiger partial charge on any atom is 0.136 e. The minimum absolute atomic E-state index is 0.0240. The summed E-state index contributed by atoms with van der Waals surface area (Å²) in [5.74, 6) is 0. The molecule has 1 heteroatoms. The molecular formula is C55H36O. The Labute approximate surface area is 325 Å². The highest BCUT2D eigenvalue weighted by Crippen LogP contribution is 2.51. The second-order valence-corrected chi connectivity index (χ2v) is 16.0. The Morgan fingerprint density at radius 3 is 1.55 bits per heavy atom. The summed E-state index contributed by atoms with van der Waals surface area (Å²) >= 11 is 0. The zero-order chi connectivity index (χ0) is 37.1. The monoisotopic (exact) mass is 712 g/mol. The van der Waals surface area contributed by atoms with Crippen LogP contribution in [0.4, 0.5) is 0 Å². The lowest BCUT2D eigenvalue weighted by molar-refractivity contribution is 0.660. The van der Waals surface area contributed by atoms with Gasteiger partial charge in [-0.1, -0.05) is 172 Å². The Morgan fingerprint density at radius 2 is 0.857 bits per heavy atom. The fourth-order valence-corrected chi connectivity index (χ4v) is 10.0. The molecule has 0 amide bonds. The van der Waals surface area contributed by atoms with Crippen molar-refractivity contribution in [2.24, 2.45) is 0 Å². The van der Waals surface area contributed by atoms with E-state index in [2.05, 4.69) is 196 Å². The fourth-order valence-electron chi connectivity index (χ4n) is 10.0. The Bertz CT molecular complexity index is 3370. The number of fused-ring (bicyclic) bond motifs is 11. The predicted octanol–water partition coefficient (Wildman–Crippen LogP) is 15.5. The van der Waals surface area contributed by atoms with E-state index in [4.69, 9.17) is 4.42 Å². The van der Waals surface area contributed by atoms with Gasteiger partial charge in [0.15, 0.2) is 0 Å². The molecule has 10 aromatic carbocycles. The summed E-state index contributed by atoms with van der Waals surface area (Å²) in [7, 11) is 0. The van der Waals surface area contributed by atoms with E-state index in [-0.39, 0.29) is 5.41 Å². The molecule has 0 fully saturated rings. The van der Waals surface area contributed by atoms with Gasteiger partial charge in [0.2, 0.25) is 0 Å². The first-order chi connectivity index (χ1) is 27.5. The Hall–Kier alpha value is -6.96. The van der Waals surface area contributed by atoms with Crippen LogP contribution in [-0.4, -0.2) is 0 Å².